The van der Waals surface area contributed by atoms with Gasteiger partial charge >= 0.3 is 5.97 Å². The minimum Gasteiger partial charge on any atom is -0.481 e. The molecular formula is C17H11ClFNO3. The van der Waals surface area contributed by atoms with Gasteiger partial charge in [0.25, 0.3) is 5.91 Å². The number of carbonyl (C=O) groups excluding carboxylic acids is 1. The minimum atomic E-state index is -1.05. The van der Waals surface area contributed by atoms with Crippen LogP contribution in [0.4, 0.5) is 4.39 Å². The molecule has 0 aliphatic rings. The van der Waals surface area contributed by atoms with Crippen molar-refractivity contribution in [3.05, 3.63) is 70.6 Å². The van der Waals surface area contributed by atoms with Crippen molar-refractivity contribution in [1.82, 2.24) is 4.57 Å². The highest BCUT2D eigenvalue weighted by Gasteiger charge is 2.17. The molecule has 0 amide bonds. The van der Waals surface area contributed by atoms with Crippen LogP contribution in [-0.4, -0.2) is 21.6 Å². The zero-order valence-electron chi connectivity index (χ0n) is 11.8. The predicted molar refractivity (Wildman–Crippen MR) is 84.4 cm³/mol. The standard InChI is InChI=1S/C17H11ClFNO3/c18-12-3-1-10(2-4-12)17(23)20-9-11(7-16(21)22)14-8-13(19)5-6-15(14)20/h1-6,8-9H,7H2,(H,21,22). The number of carboxylic acid groups (broad SMARTS) is 1. The van der Waals surface area contributed by atoms with Gasteiger partial charge in [-0.3, -0.25) is 14.2 Å². The molecule has 0 fully saturated rings. The van der Waals surface area contributed by atoms with E-state index in [1.807, 2.05) is 0 Å². The quantitative estimate of drug-likeness (QED) is 0.795. The van der Waals surface area contributed by atoms with E-state index in [9.17, 15) is 14.0 Å². The zero-order chi connectivity index (χ0) is 16.6. The highest BCUT2D eigenvalue weighted by atomic mass is 35.5. The summed E-state index contributed by atoms with van der Waals surface area (Å²) >= 11 is 5.81. The summed E-state index contributed by atoms with van der Waals surface area (Å²) in [6.07, 6.45) is 1.15. The largest absolute Gasteiger partial charge is 0.481 e. The Hall–Kier alpha value is -2.66. The normalized spacial score (nSPS) is 10.9. The van der Waals surface area contributed by atoms with Crippen molar-refractivity contribution in [3.63, 3.8) is 0 Å². The summed E-state index contributed by atoms with van der Waals surface area (Å²) in [5.74, 6) is -1.87. The summed E-state index contributed by atoms with van der Waals surface area (Å²) in [5.41, 5.74) is 1.24. The number of fused-ring (bicyclic) bond motifs is 1. The van der Waals surface area contributed by atoms with E-state index < -0.39 is 11.8 Å². The van der Waals surface area contributed by atoms with E-state index in [0.717, 1.165) is 0 Å². The van der Waals surface area contributed by atoms with Crippen LogP contribution in [0.25, 0.3) is 10.9 Å². The van der Waals surface area contributed by atoms with Gasteiger partial charge in [-0.15, -0.1) is 0 Å². The van der Waals surface area contributed by atoms with Crippen molar-refractivity contribution in [2.24, 2.45) is 0 Å². The second-order valence-electron chi connectivity index (χ2n) is 5.07. The fraction of sp³-hybridized carbons (Fsp3) is 0.0588. The van der Waals surface area contributed by atoms with Gasteiger partial charge < -0.3 is 5.11 Å². The molecule has 0 radical (unpaired) electrons. The van der Waals surface area contributed by atoms with Crippen LogP contribution in [0.3, 0.4) is 0 Å². The van der Waals surface area contributed by atoms with Crippen LogP contribution in [0.5, 0.6) is 0 Å². The van der Waals surface area contributed by atoms with Crippen LogP contribution in [0.1, 0.15) is 15.9 Å². The van der Waals surface area contributed by atoms with Crippen molar-refractivity contribution >= 4 is 34.4 Å². The van der Waals surface area contributed by atoms with Crippen LogP contribution >= 0.6 is 11.6 Å². The summed E-state index contributed by atoms with van der Waals surface area (Å²) in [7, 11) is 0. The zero-order valence-corrected chi connectivity index (χ0v) is 12.5. The van der Waals surface area contributed by atoms with Crippen molar-refractivity contribution < 1.29 is 19.1 Å². The summed E-state index contributed by atoms with van der Waals surface area (Å²) in [6.45, 7) is 0. The van der Waals surface area contributed by atoms with Gasteiger partial charge in [-0.1, -0.05) is 11.6 Å². The SMILES string of the molecule is O=C(O)Cc1cn(C(=O)c2ccc(Cl)cc2)c2ccc(F)cc12. The Labute approximate surface area is 135 Å². The maximum absolute atomic E-state index is 13.5. The fourth-order valence-corrected chi connectivity index (χ4v) is 2.60. The van der Waals surface area contributed by atoms with E-state index in [-0.39, 0.29) is 12.3 Å². The number of benzene rings is 2. The molecule has 116 valence electrons. The third-order valence-corrected chi connectivity index (χ3v) is 3.75. The smallest absolute Gasteiger partial charge is 0.307 e. The van der Waals surface area contributed by atoms with Crippen LogP contribution < -0.4 is 0 Å². The molecule has 0 aliphatic heterocycles. The Morgan fingerprint density at radius 3 is 2.48 bits per heavy atom. The lowest BCUT2D eigenvalue weighted by molar-refractivity contribution is -0.136. The van der Waals surface area contributed by atoms with Crippen molar-refractivity contribution in [1.29, 1.82) is 0 Å². The van der Waals surface area contributed by atoms with Gasteiger partial charge in [0.2, 0.25) is 0 Å². The van der Waals surface area contributed by atoms with Gasteiger partial charge in [0.05, 0.1) is 11.9 Å². The summed E-state index contributed by atoms with van der Waals surface area (Å²) in [5, 5.41) is 9.91. The highest BCUT2D eigenvalue weighted by Crippen LogP contribution is 2.24. The van der Waals surface area contributed by atoms with Gasteiger partial charge in [-0.25, -0.2) is 4.39 Å². The Bertz CT molecular complexity index is 915. The number of carboxylic acids is 1. The first-order valence-electron chi connectivity index (χ1n) is 6.77. The number of rotatable bonds is 3. The second kappa shape index (κ2) is 5.85. The molecule has 0 saturated carbocycles. The predicted octanol–water partition coefficient (Wildman–Crippen LogP) is 3.75. The Morgan fingerprint density at radius 1 is 1.13 bits per heavy atom. The van der Waals surface area contributed by atoms with E-state index >= 15 is 0 Å². The number of hydrogen-bond acceptors (Lipinski definition) is 2. The molecule has 1 N–H and O–H groups in total. The molecule has 2 aromatic carbocycles. The summed E-state index contributed by atoms with van der Waals surface area (Å²) in [6, 6.07) is 10.3. The number of halogens is 2. The van der Waals surface area contributed by atoms with Gasteiger partial charge in [-0.2, -0.15) is 0 Å². The van der Waals surface area contributed by atoms with E-state index in [1.54, 1.807) is 24.3 Å². The Morgan fingerprint density at radius 2 is 1.83 bits per heavy atom. The van der Waals surface area contributed by atoms with E-state index in [4.69, 9.17) is 16.7 Å². The highest BCUT2D eigenvalue weighted by molar-refractivity contribution is 6.30. The molecule has 0 atom stereocenters. The molecule has 0 bridgehead atoms. The molecule has 0 aliphatic carbocycles. The molecule has 3 rings (SSSR count). The number of nitrogens with zero attached hydrogens (tertiary/aromatic N) is 1. The van der Waals surface area contributed by atoms with Crippen LogP contribution in [0.2, 0.25) is 5.02 Å². The first-order chi connectivity index (χ1) is 11.0. The third-order valence-electron chi connectivity index (χ3n) is 3.50. The number of hydrogen-bond donors (Lipinski definition) is 1. The third kappa shape index (κ3) is 2.96. The Kier molecular flexibility index (Phi) is 3.88. The molecule has 0 saturated heterocycles. The van der Waals surface area contributed by atoms with Crippen molar-refractivity contribution in [2.45, 2.75) is 6.42 Å². The molecule has 0 unspecified atom stereocenters. The van der Waals surface area contributed by atoms with Crippen LogP contribution in [0, 0.1) is 5.82 Å². The maximum Gasteiger partial charge on any atom is 0.307 e. The van der Waals surface area contributed by atoms with Crippen LogP contribution in [0.15, 0.2) is 48.7 Å². The van der Waals surface area contributed by atoms with Crippen LogP contribution in [-0.2, 0) is 11.2 Å². The monoisotopic (exact) mass is 331 g/mol. The number of aliphatic carboxylic acids is 1. The summed E-state index contributed by atoms with van der Waals surface area (Å²) < 4.78 is 14.8. The Balaban J connectivity index is 2.15. The van der Waals surface area contributed by atoms with Gasteiger partial charge in [0.1, 0.15) is 5.82 Å². The number of carbonyl (C=O) groups is 2. The van der Waals surface area contributed by atoms with E-state index in [2.05, 4.69) is 0 Å². The molecule has 0 spiro atoms. The molecule has 1 heterocycles. The molecular weight excluding hydrogens is 321 g/mol. The minimum absolute atomic E-state index is 0.291. The first kappa shape index (κ1) is 15.2. The van der Waals surface area contributed by atoms with Gasteiger partial charge in [0.15, 0.2) is 0 Å². The van der Waals surface area contributed by atoms with E-state index in [0.29, 0.717) is 27.1 Å². The average molecular weight is 332 g/mol. The van der Waals surface area contributed by atoms with Crippen molar-refractivity contribution in [3.8, 4) is 0 Å². The van der Waals surface area contributed by atoms with Gasteiger partial charge in [-0.05, 0) is 48.0 Å². The molecule has 6 heteroatoms. The lowest BCUT2D eigenvalue weighted by atomic mass is 10.1. The first-order valence-corrected chi connectivity index (χ1v) is 7.15. The fourth-order valence-electron chi connectivity index (χ4n) is 2.47. The van der Waals surface area contributed by atoms with Crippen molar-refractivity contribution in [2.75, 3.05) is 0 Å². The van der Waals surface area contributed by atoms with Gasteiger partial charge in [0, 0.05) is 22.2 Å². The maximum atomic E-state index is 13.5. The lowest BCUT2D eigenvalue weighted by Crippen LogP contribution is -2.10. The molecule has 3 aromatic rings. The van der Waals surface area contributed by atoms with E-state index in [1.165, 1.54) is 29.0 Å². The lowest BCUT2D eigenvalue weighted by Gasteiger charge is -2.04. The topological polar surface area (TPSA) is 59.3 Å². The second-order valence-corrected chi connectivity index (χ2v) is 5.50. The molecule has 1 aromatic heterocycles. The average Bonchev–Trinajstić information content (AvgIpc) is 2.84. The number of aromatic nitrogens is 1. The molecule has 23 heavy (non-hydrogen) atoms. The molecule has 4 nitrogen and oxygen atoms in total. The summed E-state index contributed by atoms with van der Waals surface area (Å²) in [4.78, 5) is 23.6.